The van der Waals surface area contributed by atoms with Gasteiger partial charge in [-0.15, -0.1) is 0 Å². The summed E-state index contributed by atoms with van der Waals surface area (Å²) >= 11 is 1.79. The van der Waals surface area contributed by atoms with E-state index in [1.165, 1.54) is 37.8 Å². The molecule has 1 aliphatic carbocycles. The minimum absolute atomic E-state index is 0.244. The first kappa shape index (κ1) is 12.6. The van der Waals surface area contributed by atoms with Gasteiger partial charge in [-0.1, -0.05) is 25.0 Å². The summed E-state index contributed by atoms with van der Waals surface area (Å²) in [5.74, 6) is 0.595. The Morgan fingerprint density at radius 2 is 1.88 bits per heavy atom. The monoisotopic (exact) mass is 252 g/mol. The lowest BCUT2D eigenvalue weighted by Gasteiger charge is -2.07. The lowest BCUT2D eigenvalue weighted by atomic mass is 10.1. The Hall–Kier alpha value is -0.830. The maximum absolute atomic E-state index is 12.7. The first-order valence-electron chi connectivity index (χ1n) is 6.12. The highest BCUT2D eigenvalue weighted by molar-refractivity contribution is 8.00. The summed E-state index contributed by atoms with van der Waals surface area (Å²) in [4.78, 5) is 11.7. The van der Waals surface area contributed by atoms with E-state index in [0.29, 0.717) is 17.4 Å². The molecule has 0 unspecified atom stereocenters. The first-order chi connectivity index (χ1) is 8.24. The zero-order chi connectivity index (χ0) is 12.1. The largest absolute Gasteiger partial charge is 0.298 e. The Morgan fingerprint density at radius 1 is 1.24 bits per heavy atom. The molecular weight excluding hydrogens is 235 g/mol. The summed E-state index contributed by atoms with van der Waals surface area (Å²) in [6.07, 6.45) is 5.57. The predicted molar refractivity (Wildman–Crippen MR) is 69.8 cm³/mol. The van der Waals surface area contributed by atoms with Crippen molar-refractivity contribution in [2.24, 2.45) is 0 Å². The number of ketones is 1. The lowest BCUT2D eigenvalue weighted by Crippen LogP contribution is -2.08. The Morgan fingerprint density at radius 3 is 2.53 bits per heavy atom. The Labute approximate surface area is 106 Å². The molecule has 0 spiro atoms. The predicted octanol–water partition coefficient (Wildman–Crippen LogP) is 3.61. The molecule has 0 N–H and O–H groups in total. The van der Waals surface area contributed by atoms with Crippen molar-refractivity contribution in [2.75, 3.05) is 5.75 Å². The molecule has 1 fully saturated rings. The van der Waals surface area contributed by atoms with Crippen LogP contribution in [0.15, 0.2) is 24.3 Å². The quantitative estimate of drug-likeness (QED) is 0.796. The summed E-state index contributed by atoms with van der Waals surface area (Å²) < 4.78 is 12.7. The van der Waals surface area contributed by atoms with E-state index in [2.05, 4.69) is 0 Å². The van der Waals surface area contributed by atoms with Crippen LogP contribution in [0, 0.1) is 5.82 Å². The maximum Gasteiger partial charge on any atom is 0.147 e. The molecule has 0 bridgehead atoms. The number of carbonyl (C=O) groups excluding carboxylic acids is 1. The normalized spacial score (nSPS) is 16.3. The van der Waals surface area contributed by atoms with E-state index in [1.54, 1.807) is 23.9 Å². The van der Waals surface area contributed by atoms with Crippen LogP contribution in [0.25, 0.3) is 0 Å². The van der Waals surface area contributed by atoms with Crippen LogP contribution in [0.4, 0.5) is 4.39 Å². The number of Topliss-reactive ketones (excluding diaryl/α,β-unsaturated/α-hetero) is 1. The summed E-state index contributed by atoms with van der Waals surface area (Å²) in [5.41, 5.74) is 0.906. The Balaban J connectivity index is 1.74. The van der Waals surface area contributed by atoms with Gasteiger partial charge in [0.2, 0.25) is 0 Å². The van der Waals surface area contributed by atoms with Crippen molar-refractivity contribution in [1.29, 1.82) is 0 Å². The van der Waals surface area contributed by atoms with E-state index in [1.807, 2.05) is 0 Å². The fourth-order valence-corrected chi connectivity index (χ4v) is 3.34. The molecule has 2 rings (SSSR count). The van der Waals surface area contributed by atoms with Gasteiger partial charge in [0.05, 0.1) is 5.75 Å². The van der Waals surface area contributed by atoms with Gasteiger partial charge in [0, 0.05) is 11.7 Å². The first-order valence-corrected chi connectivity index (χ1v) is 7.16. The molecule has 0 heterocycles. The SMILES string of the molecule is O=C(CSC1CCCC1)Cc1ccc(F)cc1. The zero-order valence-corrected chi connectivity index (χ0v) is 10.6. The third-order valence-corrected chi connectivity index (χ3v) is 4.53. The van der Waals surface area contributed by atoms with Gasteiger partial charge in [-0.05, 0) is 30.5 Å². The fourth-order valence-electron chi connectivity index (χ4n) is 2.15. The van der Waals surface area contributed by atoms with E-state index >= 15 is 0 Å². The average molecular weight is 252 g/mol. The van der Waals surface area contributed by atoms with E-state index in [9.17, 15) is 9.18 Å². The second-order valence-electron chi connectivity index (χ2n) is 4.56. The van der Waals surface area contributed by atoms with Gasteiger partial charge in [0.15, 0.2) is 0 Å². The third kappa shape index (κ3) is 4.15. The van der Waals surface area contributed by atoms with Gasteiger partial charge in [0.25, 0.3) is 0 Å². The number of hydrogen-bond acceptors (Lipinski definition) is 2. The molecule has 1 aromatic carbocycles. The number of carbonyl (C=O) groups is 1. The molecule has 17 heavy (non-hydrogen) atoms. The van der Waals surface area contributed by atoms with Crippen LogP contribution in [0.3, 0.4) is 0 Å². The molecule has 92 valence electrons. The highest BCUT2D eigenvalue weighted by Crippen LogP contribution is 2.29. The molecule has 0 aliphatic heterocycles. The average Bonchev–Trinajstić information content (AvgIpc) is 2.83. The minimum atomic E-state index is -0.249. The smallest absolute Gasteiger partial charge is 0.147 e. The molecular formula is C14H17FOS. The summed E-state index contributed by atoms with van der Waals surface area (Å²) in [5, 5.41) is 0.687. The topological polar surface area (TPSA) is 17.1 Å². The van der Waals surface area contributed by atoms with Gasteiger partial charge in [0.1, 0.15) is 11.6 Å². The van der Waals surface area contributed by atoms with E-state index < -0.39 is 0 Å². The lowest BCUT2D eigenvalue weighted by molar-refractivity contribution is -0.116. The number of thioether (sulfide) groups is 1. The van der Waals surface area contributed by atoms with Crippen LogP contribution in [-0.4, -0.2) is 16.8 Å². The van der Waals surface area contributed by atoms with Crippen molar-refractivity contribution < 1.29 is 9.18 Å². The number of halogens is 1. The molecule has 1 saturated carbocycles. The van der Waals surface area contributed by atoms with Crippen LogP contribution in [0.1, 0.15) is 31.2 Å². The van der Waals surface area contributed by atoms with Gasteiger partial charge in [-0.2, -0.15) is 11.8 Å². The Kier molecular flexibility index (Phi) is 4.60. The molecule has 1 aromatic rings. The molecule has 0 amide bonds. The molecule has 0 saturated heterocycles. The second kappa shape index (κ2) is 6.20. The zero-order valence-electron chi connectivity index (χ0n) is 9.82. The molecule has 1 nitrogen and oxygen atoms in total. The van der Waals surface area contributed by atoms with Crippen molar-refractivity contribution in [3.8, 4) is 0 Å². The van der Waals surface area contributed by atoms with Crippen molar-refractivity contribution in [1.82, 2.24) is 0 Å². The van der Waals surface area contributed by atoms with Crippen LogP contribution in [-0.2, 0) is 11.2 Å². The van der Waals surface area contributed by atoms with Crippen molar-refractivity contribution >= 4 is 17.5 Å². The molecule has 0 aromatic heterocycles. The molecule has 1 aliphatic rings. The fraction of sp³-hybridized carbons (Fsp3) is 0.500. The second-order valence-corrected chi connectivity index (χ2v) is 5.85. The number of rotatable bonds is 5. The highest BCUT2D eigenvalue weighted by atomic mass is 32.2. The van der Waals surface area contributed by atoms with Crippen molar-refractivity contribution in [3.05, 3.63) is 35.6 Å². The van der Waals surface area contributed by atoms with Crippen LogP contribution in [0.5, 0.6) is 0 Å². The molecule has 0 radical (unpaired) electrons. The highest BCUT2D eigenvalue weighted by Gasteiger charge is 2.16. The molecule has 0 atom stereocenters. The van der Waals surface area contributed by atoms with E-state index in [-0.39, 0.29) is 11.6 Å². The van der Waals surface area contributed by atoms with E-state index in [0.717, 1.165) is 5.56 Å². The van der Waals surface area contributed by atoms with Crippen molar-refractivity contribution in [3.63, 3.8) is 0 Å². The number of hydrogen-bond donors (Lipinski definition) is 0. The minimum Gasteiger partial charge on any atom is -0.298 e. The maximum atomic E-state index is 12.7. The van der Waals surface area contributed by atoms with E-state index in [4.69, 9.17) is 0 Å². The van der Waals surface area contributed by atoms with Gasteiger partial charge in [-0.25, -0.2) is 4.39 Å². The number of benzene rings is 1. The van der Waals surface area contributed by atoms with Gasteiger partial charge < -0.3 is 0 Å². The summed E-state index contributed by atoms with van der Waals surface area (Å²) in [6.45, 7) is 0. The van der Waals surface area contributed by atoms with Crippen LogP contribution >= 0.6 is 11.8 Å². The summed E-state index contributed by atoms with van der Waals surface area (Å²) in [6, 6.07) is 6.19. The van der Waals surface area contributed by atoms with Crippen molar-refractivity contribution in [2.45, 2.75) is 37.4 Å². The summed E-state index contributed by atoms with van der Waals surface area (Å²) in [7, 11) is 0. The standard InChI is InChI=1S/C14H17FOS/c15-12-7-5-11(6-8-12)9-13(16)10-17-14-3-1-2-4-14/h5-8,14H,1-4,9-10H2. The van der Waals surface area contributed by atoms with Gasteiger partial charge in [-0.3, -0.25) is 4.79 Å². The molecule has 3 heteroatoms. The van der Waals surface area contributed by atoms with Crippen LogP contribution < -0.4 is 0 Å². The van der Waals surface area contributed by atoms with Crippen LogP contribution in [0.2, 0.25) is 0 Å². The Bertz CT molecular complexity index is 368. The van der Waals surface area contributed by atoms with Gasteiger partial charge >= 0.3 is 0 Å². The third-order valence-electron chi connectivity index (χ3n) is 3.10.